The summed E-state index contributed by atoms with van der Waals surface area (Å²) in [6, 6.07) is 13.3. The fourth-order valence-electron chi connectivity index (χ4n) is 4.25. The average Bonchev–Trinajstić information content (AvgIpc) is 2.69. The van der Waals surface area contributed by atoms with Crippen LogP contribution in [0.4, 0.5) is 0 Å². The fourth-order valence-corrected chi connectivity index (χ4v) is 4.25. The minimum absolute atomic E-state index is 0.833. The molecule has 0 radical (unpaired) electrons. The molecule has 126 valence electrons. The summed E-state index contributed by atoms with van der Waals surface area (Å²) in [4.78, 5) is 0. The third kappa shape index (κ3) is 1.84. The Hall–Kier alpha value is -3.14. The van der Waals surface area contributed by atoms with Gasteiger partial charge in [0.2, 0.25) is 0 Å². The standard InChI is InChI=1S/C22H18N4/c1-11-15-7-5-6-8-16(15)12(2)18-10-20-14(4)22-21(23-25-26-24-22)13(3)19(20)9-17(11)18/h5-10H,1-4H3. The van der Waals surface area contributed by atoms with Gasteiger partial charge in [0, 0.05) is 0 Å². The average molecular weight is 338 g/mol. The van der Waals surface area contributed by atoms with Gasteiger partial charge in [0.1, 0.15) is 11.0 Å². The van der Waals surface area contributed by atoms with E-state index in [1.807, 2.05) is 0 Å². The summed E-state index contributed by atoms with van der Waals surface area (Å²) >= 11 is 0. The molecule has 0 atom stereocenters. The first-order chi connectivity index (χ1) is 12.6. The van der Waals surface area contributed by atoms with Crippen LogP contribution in [-0.4, -0.2) is 20.6 Å². The van der Waals surface area contributed by atoms with E-state index in [9.17, 15) is 0 Å². The first-order valence-electron chi connectivity index (χ1n) is 8.78. The zero-order valence-electron chi connectivity index (χ0n) is 15.3. The number of aromatic nitrogens is 4. The number of hydrogen-bond donors (Lipinski definition) is 0. The van der Waals surface area contributed by atoms with E-state index in [0.717, 1.165) is 22.2 Å². The highest BCUT2D eigenvalue weighted by molar-refractivity contribution is 6.13. The first-order valence-corrected chi connectivity index (χ1v) is 8.78. The van der Waals surface area contributed by atoms with Crippen LogP contribution < -0.4 is 0 Å². The Morgan fingerprint density at radius 2 is 0.885 bits per heavy atom. The van der Waals surface area contributed by atoms with Crippen molar-refractivity contribution in [3.8, 4) is 0 Å². The molecule has 0 bridgehead atoms. The van der Waals surface area contributed by atoms with E-state index in [4.69, 9.17) is 0 Å². The summed E-state index contributed by atoms with van der Waals surface area (Å²) in [6.45, 7) is 8.61. The smallest absolute Gasteiger partial charge is 0.119 e. The molecule has 0 saturated heterocycles. The van der Waals surface area contributed by atoms with Gasteiger partial charge >= 0.3 is 0 Å². The largest absolute Gasteiger partial charge is 0.127 e. The van der Waals surface area contributed by atoms with Crippen molar-refractivity contribution in [1.29, 1.82) is 0 Å². The molecule has 1 heterocycles. The van der Waals surface area contributed by atoms with Gasteiger partial charge in [0.25, 0.3) is 0 Å². The lowest BCUT2D eigenvalue weighted by Crippen LogP contribution is -1.99. The molecule has 0 aliphatic heterocycles. The van der Waals surface area contributed by atoms with Gasteiger partial charge in [0.05, 0.1) is 0 Å². The van der Waals surface area contributed by atoms with Crippen LogP contribution in [0, 0.1) is 27.7 Å². The SMILES string of the molecule is Cc1c2ccccc2c(C)c2cc3c(C)c4nnnnc4c(C)c3cc12. The molecule has 4 nitrogen and oxygen atoms in total. The molecule has 4 heteroatoms. The van der Waals surface area contributed by atoms with Crippen molar-refractivity contribution < 1.29 is 0 Å². The van der Waals surface area contributed by atoms with Crippen molar-refractivity contribution in [2.24, 2.45) is 0 Å². The second kappa shape index (κ2) is 5.18. The van der Waals surface area contributed by atoms with Gasteiger partial charge in [-0.1, -0.05) is 24.3 Å². The summed E-state index contributed by atoms with van der Waals surface area (Å²) in [7, 11) is 0. The van der Waals surface area contributed by atoms with E-state index in [2.05, 4.69) is 84.7 Å². The third-order valence-corrected chi connectivity index (χ3v) is 5.77. The second-order valence-electron chi connectivity index (χ2n) is 7.07. The fraction of sp³-hybridized carbons (Fsp3) is 0.182. The Labute approximate surface area is 150 Å². The molecule has 0 aliphatic rings. The Bertz CT molecular complexity index is 1160. The van der Waals surface area contributed by atoms with Crippen molar-refractivity contribution in [1.82, 2.24) is 20.6 Å². The summed E-state index contributed by atoms with van der Waals surface area (Å²) in [5, 5.41) is 23.6. The number of nitrogens with zero attached hydrogens (tertiary/aromatic N) is 4. The minimum Gasteiger partial charge on any atom is -0.127 e. The van der Waals surface area contributed by atoms with E-state index >= 15 is 0 Å². The van der Waals surface area contributed by atoms with E-state index in [1.165, 1.54) is 43.4 Å². The molecule has 0 aliphatic carbocycles. The van der Waals surface area contributed by atoms with Gasteiger partial charge in [0.15, 0.2) is 0 Å². The summed E-state index contributed by atoms with van der Waals surface area (Å²) in [6.07, 6.45) is 0. The van der Waals surface area contributed by atoms with Crippen LogP contribution in [0.25, 0.3) is 43.4 Å². The minimum atomic E-state index is 0.833. The lowest BCUT2D eigenvalue weighted by atomic mass is 9.89. The quantitative estimate of drug-likeness (QED) is 0.368. The van der Waals surface area contributed by atoms with Crippen LogP contribution in [-0.2, 0) is 0 Å². The number of aryl methyl sites for hydroxylation is 4. The van der Waals surface area contributed by atoms with Gasteiger partial charge in [-0.15, -0.1) is 10.2 Å². The molecule has 26 heavy (non-hydrogen) atoms. The molecule has 5 rings (SSSR count). The Kier molecular flexibility index (Phi) is 3.02. The van der Waals surface area contributed by atoms with Crippen molar-refractivity contribution in [2.45, 2.75) is 27.7 Å². The van der Waals surface area contributed by atoms with Crippen molar-refractivity contribution in [3.05, 3.63) is 58.7 Å². The molecule has 0 spiro atoms. The summed E-state index contributed by atoms with van der Waals surface area (Å²) in [5.41, 5.74) is 6.52. The number of fused-ring (bicyclic) bond motifs is 4. The van der Waals surface area contributed by atoms with E-state index in [-0.39, 0.29) is 0 Å². The van der Waals surface area contributed by atoms with Crippen molar-refractivity contribution in [2.75, 3.05) is 0 Å². The summed E-state index contributed by atoms with van der Waals surface area (Å²) in [5.74, 6) is 0. The molecule has 0 N–H and O–H groups in total. The van der Waals surface area contributed by atoms with Crippen LogP contribution in [0.1, 0.15) is 22.3 Å². The van der Waals surface area contributed by atoms with Crippen molar-refractivity contribution >= 4 is 43.4 Å². The number of rotatable bonds is 0. The Morgan fingerprint density at radius 3 is 1.31 bits per heavy atom. The molecule has 5 aromatic rings. The maximum absolute atomic E-state index is 4.24. The predicted octanol–water partition coefficient (Wildman–Crippen LogP) is 5.11. The second-order valence-corrected chi connectivity index (χ2v) is 7.07. The monoisotopic (exact) mass is 338 g/mol. The molecule has 0 unspecified atom stereocenters. The zero-order chi connectivity index (χ0) is 18.0. The molecule has 1 aromatic heterocycles. The van der Waals surface area contributed by atoms with E-state index in [0.29, 0.717) is 0 Å². The van der Waals surface area contributed by atoms with Crippen molar-refractivity contribution in [3.63, 3.8) is 0 Å². The molecular formula is C22H18N4. The van der Waals surface area contributed by atoms with Crippen LogP contribution in [0.15, 0.2) is 36.4 Å². The highest BCUT2D eigenvalue weighted by atomic mass is 15.4. The number of hydrogen-bond acceptors (Lipinski definition) is 4. The van der Waals surface area contributed by atoms with Gasteiger partial charge in [-0.3, -0.25) is 0 Å². The maximum Gasteiger partial charge on any atom is 0.119 e. The van der Waals surface area contributed by atoms with Gasteiger partial charge in [-0.2, -0.15) is 0 Å². The highest BCUT2D eigenvalue weighted by Crippen LogP contribution is 2.37. The van der Waals surface area contributed by atoms with Crippen LogP contribution in [0.5, 0.6) is 0 Å². The predicted molar refractivity (Wildman–Crippen MR) is 107 cm³/mol. The maximum atomic E-state index is 4.24. The van der Waals surface area contributed by atoms with E-state index < -0.39 is 0 Å². The lowest BCUT2D eigenvalue weighted by molar-refractivity contribution is 0.795. The number of benzene rings is 4. The Balaban J connectivity index is 2.08. The zero-order valence-corrected chi connectivity index (χ0v) is 15.3. The van der Waals surface area contributed by atoms with E-state index in [1.54, 1.807) is 0 Å². The lowest BCUT2D eigenvalue weighted by Gasteiger charge is -2.15. The molecular weight excluding hydrogens is 320 g/mol. The topological polar surface area (TPSA) is 51.6 Å². The van der Waals surface area contributed by atoms with Gasteiger partial charge in [-0.25, -0.2) is 0 Å². The van der Waals surface area contributed by atoms with Gasteiger partial charge < -0.3 is 0 Å². The normalized spacial score (nSPS) is 11.8. The Morgan fingerprint density at radius 1 is 0.500 bits per heavy atom. The van der Waals surface area contributed by atoms with Gasteiger partial charge in [-0.05, 0) is 105 Å². The van der Waals surface area contributed by atoms with Crippen LogP contribution in [0.3, 0.4) is 0 Å². The van der Waals surface area contributed by atoms with Crippen LogP contribution >= 0.6 is 0 Å². The molecule has 0 fully saturated rings. The first kappa shape index (κ1) is 15.1. The highest BCUT2D eigenvalue weighted by Gasteiger charge is 2.15. The van der Waals surface area contributed by atoms with Crippen LogP contribution in [0.2, 0.25) is 0 Å². The molecule has 0 saturated carbocycles. The third-order valence-electron chi connectivity index (χ3n) is 5.77. The molecule has 4 aromatic carbocycles. The summed E-state index contributed by atoms with van der Waals surface area (Å²) < 4.78 is 0. The molecule has 0 amide bonds.